The van der Waals surface area contributed by atoms with Crippen molar-refractivity contribution in [2.45, 2.75) is 58.0 Å². The molecule has 1 fully saturated rings. The molecule has 0 aromatic rings. The standard InChI is InChI=1S/C12H26N2/c1-4-7-12-8-5-6-9-14(12)10-11(2)13-3/h11-13H,4-10H2,1-3H3. The van der Waals surface area contributed by atoms with Crippen molar-refractivity contribution in [3.63, 3.8) is 0 Å². The van der Waals surface area contributed by atoms with E-state index in [1.165, 1.54) is 45.2 Å². The molecule has 1 aliphatic rings. The van der Waals surface area contributed by atoms with E-state index in [-0.39, 0.29) is 0 Å². The van der Waals surface area contributed by atoms with Crippen LogP contribution in [0.1, 0.15) is 46.0 Å². The summed E-state index contributed by atoms with van der Waals surface area (Å²) in [4.78, 5) is 2.69. The molecule has 1 N–H and O–H groups in total. The van der Waals surface area contributed by atoms with Crippen LogP contribution in [0.4, 0.5) is 0 Å². The molecule has 1 heterocycles. The van der Waals surface area contributed by atoms with Crippen LogP contribution in [0, 0.1) is 0 Å². The summed E-state index contributed by atoms with van der Waals surface area (Å²) in [6.45, 7) is 7.11. The van der Waals surface area contributed by atoms with Gasteiger partial charge >= 0.3 is 0 Å². The van der Waals surface area contributed by atoms with E-state index >= 15 is 0 Å². The Hall–Kier alpha value is -0.0800. The van der Waals surface area contributed by atoms with E-state index in [1.54, 1.807) is 0 Å². The fraction of sp³-hybridized carbons (Fsp3) is 1.00. The second kappa shape index (κ2) is 6.41. The van der Waals surface area contributed by atoms with Gasteiger partial charge in [-0.25, -0.2) is 0 Å². The minimum Gasteiger partial charge on any atom is -0.316 e. The van der Waals surface area contributed by atoms with Crippen molar-refractivity contribution in [3.05, 3.63) is 0 Å². The summed E-state index contributed by atoms with van der Waals surface area (Å²) >= 11 is 0. The molecular weight excluding hydrogens is 172 g/mol. The first-order valence-corrected chi connectivity index (χ1v) is 6.19. The van der Waals surface area contributed by atoms with E-state index in [0.29, 0.717) is 6.04 Å². The van der Waals surface area contributed by atoms with Gasteiger partial charge in [-0.1, -0.05) is 19.8 Å². The summed E-state index contributed by atoms with van der Waals surface area (Å²) in [6.07, 6.45) is 6.97. The van der Waals surface area contributed by atoms with Crippen molar-refractivity contribution in [2.24, 2.45) is 0 Å². The maximum Gasteiger partial charge on any atom is 0.0163 e. The summed E-state index contributed by atoms with van der Waals surface area (Å²) in [5, 5.41) is 3.33. The van der Waals surface area contributed by atoms with Gasteiger partial charge in [0.25, 0.3) is 0 Å². The van der Waals surface area contributed by atoms with Gasteiger partial charge in [0.05, 0.1) is 0 Å². The number of likely N-dealkylation sites (N-methyl/N-ethyl adjacent to an activating group) is 1. The van der Waals surface area contributed by atoms with Gasteiger partial charge < -0.3 is 5.32 Å². The summed E-state index contributed by atoms with van der Waals surface area (Å²) < 4.78 is 0. The molecule has 1 rings (SSSR count). The van der Waals surface area contributed by atoms with Crippen molar-refractivity contribution in [2.75, 3.05) is 20.1 Å². The lowest BCUT2D eigenvalue weighted by atomic mass is 9.98. The monoisotopic (exact) mass is 198 g/mol. The Morgan fingerprint density at radius 2 is 2.21 bits per heavy atom. The maximum atomic E-state index is 3.33. The predicted molar refractivity (Wildman–Crippen MR) is 62.6 cm³/mol. The molecule has 0 aliphatic carbocycles. The highest BCUT2D eigenvalue weighted by molar-refractivity contribution is 4.79. The van der Waals surface area contributed by atoms with Gasteiger partial charge in [-0.2, -0.15) is 0 Å². The van der Waals surface area contributed by atoms with Crippen molar-refractivity contribution in [3.8, 4) is 0 Å². The van der Waals surface area contributed by atoms with E-state index in [2.05, 4.69) is 31.1 Å². The largest absolute Gasteiger partial charge is 0.316 e. The van der Waals surface area contributed by atoms with Crippen molar-refractivity contribution in [1.82, 2.24) is 10.2 Å². The fourth-order valence-electron chi connectivity index (χ4n) is 2.40. The quantitative estimate of drug-likeness (QED) is 0.729. The summed E-state index contributed by atoms with van der Waals surface area (Å²) in [5.74, 6) is 0. The van der Waals surface area contributed by atoms with Crippen molar-refractivity contribution in [1.29, 1.82) is 0 Å². The first-order valence-electron chi connectivity index (χ1n) is 6.19. The maximum absolute atomic E-state index is 3.33. The zero-order chi connectivity index (χ0) is 10.4. The molecule has 0 saturated carbocycles. The van der Waals surface area contributed by atoms with Crippen LogP contribution in [0.25, 0.3) is 0 Å². The third kappa shape index (κ3) is 3.58. The van der Waals surface area contributed by atoms with Crippen LogP contribution in [0.3, 0.4) is 0 Å². The summed E-state index contributed by atoms with van der Waals surface area (Å²) in [6, 6.07) is 1.50. The topological polar surface area (TPSA) is 15.3 Å². The first-order chi connectivity index (χ1) is 6.77. The van der Waals surface area contributed by atoms with Crippen LogP contribution >= 0.6 is 0 Å². The van der Waals surface area contributed by atoms with Gasteiger partial charge in [0.15, 0.2) is 0 Å². The van der Waals surface area contributed by atoms with E-state index in [4.69, 9.17) is 0 Å². The molecule has 2 unspecified atom stereocenters. The second-order valence-corrected chi connectivity index (χ2v) is 4.62. The molecule has 0 aromatic carbocycles. The average Bonchev–Trinajstić information content (AvgIpc) is 2.21. The zero-order valence-corrected chi connectivity index (χ0v) is 10.1. The number of piperidine rings is 1. The SMILES string of the molecule is CCCC1CCCCN1CC(C)NC. The zero-order valence-electron chi connectivity index (χ0n) is 10.1. The van der Waals surface area contributed by atoms with Crippen LogP contribution < -0.4 is 5.32 Å². The summed E-state index contributed by atoms with van der Waals surface area (Å²) in [5.41, 5.74) is 0. The van der Waals surface area contributed by atoms with E-state index in [1.807, 2.05) is 0 Å². The number of nitrogens with zero attached hydrogens (tertiary/aromatic N) is 1. The van der Waals surface area contributed by atoms with Gasteiger partial charge in [-0.3, -0.25) is 4.90 Å². The molecule has 14 heavy (non-hydrogen) atoms. The van der Waals surface area contributed by atoms with Crippen LogP contribution in [-0.4, -0.2) is 37.1 Å². The molecule has 1 saturated heterocycles. The Labute approximate surface area is 89.1 Å². The normalized spacial score (nSPS) is 26.4. The van der Waals surface area contributed by atoms with Gasteiger partial charge in [-0.05, 0) is 39.8 Å². The molecule has 0 radical (unpaired) electrons. The van der Waals surface area contributed by atoms with Gasteiger partial charge in [0.1, 0.15) is 0 Å². The van der Waals surface area contributed by atoms with Crippen LogP contribution in [0.15, 0.2) is 0 Å². The van der Waals surface area contributed by atoms with Crippen LogP contribution in [0.2, 0.25) is 0 Å². The molecule has 0 aromatic heterocycles. The molecule has 1 aliphatic heterocycles. The first kappa shape index (κ1) is 12.0. The molecule has 0 amide bonds. The predicted octanol–water partition coefficient (Wildman–Crippen LogP) is 2.25. The van der Waals surface area contributed by atoms with E-state index < -0.39 is 0 Å². The average molecular weight is 198 g/mol. The van der Waals surface area contributed by atoms with Gasteiger partial charge in [0, 0.05) is 18.6 Å². The lowest BCUT2D eigenvalue weighted by Gasteiger charge is -2.37. The Morgan fingerprint density at radius 3 is 2.86 bits per heavy atom. The summed E-state index contributed by atoms with van der Waals surface area (Å²) in [7, 11) is 2.06. The van der Waals surface area contributed by atoms with E-state index in [0.717, 1.165) is 6.04 Å². The molecule has 2 nitrogen and oxygen atoms in total. The van der Waals surface area contributed by atoms with Crippen molar-refractivity contribution >= 4 is 0 Å². The van der Waals surface area contributed by atoms with Crippen molar-refractivity contribution < 1.29 is 0 Å². The molecule has 0 spiro atoms. The highest BCUT2D eigenvalue weighted by Gasteiger charge is 2.22. The van der Waals surface area contributed by atoms with Gasteiger partial charge in [0.2, 0.25) is 0 Å². The number of likely N-dealkylation sites (tertiary alicyclic amines) is 1. The Bertz CT molecular complexity index is 145. The third-order valence-electron chi connectivity index (χ3n) is 3.37. The second-order valence-electron chi connectivity index (χ2n) is 4.62. The molecule has 2 atom stereocenters. The molecule has 0 bridgehead atoms. The number of rotatable bonds is 5. The minimum absolute atomic E-state index is 0.632. The number of nitrogens with one attached hydrogen (secondary N) is 1. The third-order valence-corrected chi connectivity index (χ3v) is 3.37. The Balaban J connectivity index is 2.37. The smallest absolute Gasteiger partial charge is 0.0163 e. The van der Waals surface area contributed by atoms with Crippen LogP contribution in [0.5, 0.6) is 0 Å². The highest BCUT2D eigenvalue weighted by Crippen LogP contribution is 2.20. The molecule has 84 valence electrons. The molecular formula is C12H26N2. The Kier molecular flexibility index (Phi) is 5.49. The minimum atomic E-state index is 0.632. The Morgan fingerprint density at radius 1 is 1.43 bits per heavy atom. The van der Waals surface area contributed by atoms with E-state index in [9.17, 15) is 0 Å². The lowest BCUT2D eigenvalue weighted by Crippen LogP contribution is -2.45. The van der Waals surface area contributed by atoms with Crippen LogP contribution in [-0.2, 0) is 0 Å². The molecule has 2 heteroatoms. The van der Waals surface area contributed by atoms with Gasteiger partial charge in [-0.15, -0.1) is 0 Å². The fourth-order valence-corrected chi connectivity index (χ4v) is 2.40. The number of hydrogen-bond donors (Lipinski definition) is 1. The number of hydrogen-bond acceptors (Lipinski definition) is 2. The highest BCUT2D eigenvalue weighted by atomic mass is 15.2. The lowest BCUT2D eigenvalue weighted by molar-refractivity contribution is 0.129.